The molecule has 0 saturated heterocycles. The lowest BCUT2D eigenvalue weighted by Crippen LogP contribution is -1.88. The van der Waals surface area contributed by atoms with E-state index in [-0.39, 0.29) is 0 Å². The number of para-hydroxylation sites is 1. The molecule has 2 nitrogen and oxygen atoms in total. The van der Waals surface area contributed by atoms with Gasteiger partial charge in [-0.15, -0.1) is 11.8 Å². The van der Waals surface area contributed by atoms with E-state index in [9.17, 15) is 0 Å². The quantitative estimate of drug-likeness (QED) is 0.756. The van der Waals surface area contributed by atoms with Crippen LogP contribution >= 0.6 is 11.8 Å². The second-order valence-electron chi connectivity index (χ2n) is 3.28. The molecule has 3 rings (SSSR count). The standard InChI is InChI=1S/C11H10N2S/c1-2-4-10-8(3-1)9(7-13-10)11-12-5-6-14-11/h1-4,7,13H,5-6H2. The van der Waals surface area contributed by atoms with Crippen molar-refractivity contribution in [2.75, 3.05) is 12.3 Å². The molecule has 14 heavy (non-hydrogen) atoms. The number of benzene rings is 1. The summed E-state index contributed by atoms with van der Waals surface area (Å²) in [5.74, 6) is 1.12. The zero-order valence-corrected chi connectivity index (χ0v) is 8.47. The van der Waals surface area contributed by atoms with E-state index < -0.39 is 0 Å². The third-order valence-electron chi connectivity index (χ3n) is 2.41. The van der Waals surface area contributed by atoms with Gasteiger partial charge in [0.15, 0.2) is 0 Å². The van der Waals surface area contributed by atoms with Crippen LogP contribution in [0, 0.1) is 0 Å². The Labute approximate surface area is 86.4 Å². The summed E-state index contributed by atoms with van der Waals surface area (Å²) >= 11 is 1.84. The molecule has 0 fully saturated rings. The molecule has 2 heterocycles. The molecular weight excluding hydrogens is 192 g/mol. The number of rotatable bonds is 1. The number of thioether (sulfide) groups is 1. The van der Waals surface area contributed by atoms with Gasteiger partial charge in [-0.2, -0.15) is 0 Å². The highest BCUT2D eigenvalue weighted by atomic mass is 32.2. The Morgan fingerprint density at radius 3 is 3.07 bits per heavy atom. The van der Waals surface area contributed by atoms with Crippen LogP contribution in [0.4, 0.5) is 0 Å². The van der Waals surface area contributed by atoms with E-state index >= 15 is 0 Å². The Kier molecular flexibility index (Phi) is 1.84. The molecule has 0 saturated carbocycles. The van der Waals surface area contributed by atoms with Crippen molar-refractivity contribution in [1.29, 1.82) is 0 Å². The Bertz CT molecular complexity index is 499. The van der Waals surface area contributed by atoms with Crippen LogP contribution < -0.4 is 0 Å². The fourth-order valence-corrected chi connectivity index (χ4v) is 2.63. The first-order chi connectivity index (χ1) is 6.95. The van der Waals surface area contributed by atoms with Crippen LogP contribution in [0.1, 0.15) is 5.56 Å². The smallest absolute Gasteiger partial charge is 0.0999 e. The molecule has 1 aromatic heterocycles. The second kappa shape index (κ2) is 3.17. The molecule has 0 aliphatic carbocycles. The zero-order valence-electron chi connectivity index (χ0n) is 7.66. The number of hydrogen-bond donors (Lipinski definition) is 1. The Balaban J connectivity index is 2.21. The summed E-state index contributed by atoms with van der Waals surface area (Å²) in [7, 11) is 0. The van der Waals surface area contributed by atoms with Gasteiger partial charge in [0.25, 0.3) is 0 Å². The van der Waals surface area contributed by atoms with E-state index in [1.165, 1.54) is 21.5 Å². The van der Waals surface area contributed by atoms with E-state index in [0.29, 0.717) is 0 Å². The lowest BCUT2D eigenvalue weighted by atomic mass is 10.2. The summed E-state index contributed by atoms with van der Waals surface area (Å²) in [6.45, 7) is 0.958. The monoisotopic (exact) mass is 202 g/mol. The van der Waals surface area contributed by atoms with Gasteiger partial charge in [-0.3, -0.25) is 4.99 Å². The van der Waals surface area contributed by atoms with Crippen molar-refractivity contribution in [3.63, 3.8) is 0 Å². The summed E-state index contributed by atoms with van der Waals surface area (Å²) in [5, 5.41) is 2.46. The highest BCUT2D eigenvalue weighted by Gasteiger charge is 2.13. The van der Waals surface area contributed by atoms with E-state index in [2.05, 4.69) is 34.4 Å². The largest absolute Gasteiger partial charge is 0.360 e. The van der Waals surface area contributed by atoms with E-state index in [1.807, 2.05) is 17.8 Å². The van der Waals surface area contributed by atoms with Crippen molar-refractivity contribution in [1.82, 2.24) is 4.98 Å². The minimum Gasteiger partial charge on any atom is -0.360 e. The summed E-state index contributed by atoms with van der Waals surface area (Å²) in [4.78, 5) is 7.76. The molecule has 0 radical (unpaired) electrons. The first-order valence-corrected chi connectivity index (χ1v) is 5.67. The van der Waals surface area contributed by atoms with Gasteiger partial charge in [0.1, 0.15) is 0 Å². The molecule has 1 aliphatic heterocycles. The third kappa shape index (κ3) is 1.16. The number of fused-ring (bicyclic) bond motifs is 1. The molecule has 0 unspecified atom stereocenters. The van der Waals surface area contributed by atoms with Gasteiger partial charge in [0, 0.05) is 35.0 Å². The number of nitrogens with one attached hydrogen (secondary N) is 1. The van der Waals surface area contributed by atoms with Gasteiger partial charge < -0.3 is 4.98 Å². The zero-order chi connectivity index (χ0) is 9.38. The van der Waals surface area contributed by atoms with Crippen LogP contribution in [0.3, 0.4) is 0 Å². The maximum absolute atomic E-state index is 4.49. The van der Waals surface area contributed by atoms with Crippen molar-refractivity contribution >= 4 is 27.7 Å². The molecule has 0 atom stereocenters. The van der Waals surface area contributed by atoms with Gasteiger partial charge in [0.05, 0.1) is 5.04 Å². The summed E-state index contributed by atoms with van der Waals surface area (Å²) in [5.41, 5.74) is 2.45. The molecule has 1 aromatic carbocycles. The van der Waals surface area contributed by atoms with Crippen LogP contribution in [0.15, 0.2) is 35.5 Å². The van der Waals surface area contributed by atoms with E-state index in [1.54, 1.807) is 0 Å². The van der Waals surface area contributed by atoms with Crippen LogP contribution in [-0.2, 0) is 0 Å². The average Bonchev–Trinajstić information content (AvgIpc) is 2.85. The van der Waals surface area contributed by atoms with Crippen LogP contribution in [0.25, 0.3) is 10.9 Å². The minimum atomic E-state index is 0.958. The summed E-state index contributed by atoms with van der Waals surface area (Å²) in [6.07, 6.45) is 2.06. The van der Waals surface area contributed by atoms with Crippen LogP contribution in [0.5, 0.6) is 0 Å². The molecule has 70 valence electrons. The van der Waals surface area contributed by atoms with E-state index in [0.717, 1.165) is 12.3 Å². The lowest BCUT2D eigenvalue weighted by Gasteiger charge is -1.95. The first kappa shape index (κ1) is 8.12. The average molecular weight is 202 g/mol. The van der Waals surface area contributed by atoms with Crippen molar-refractivity contribution in [3.8, 4) is 0 Å². The van der Waals surface area contributed by atoms with Crippen LogP contribution in [-0.4, -0.2) is 22.3 Å². The van der Waals surface area contributed by atoms with Gasteiger partial charge >= 0.3 is 0 Å². The second-order valence-corrected chi connectivity index (χ2v) is 4.37. The number of aromatic amines is 1. The van der Waals surface area contributed by atoms with Gasteiger partial charge in [-0.05, 0) is 6.07 Å². The molecule has 0 spiro atoms. The third-order valence-corrected chi connectivity index (χ3v) is 3.41. The van der Waals surface area contributed by atoms with Crippen molar-refractivity contribution in [3.05, 3.63) is 36.0 Å². The van der Waals surface area contributed by atoms with Crippen LogP contribution in [0.2, 0.25) is 0 Å². The SMILES string of the molecule is c1ccc2c(C3=NCCS3)c[nH]c2c1. The van der Waals surface area contributed by atoms with Gasteiger partial charge in [-0.25, -0.2) is 0 Å². The molecule has 0 amide bonds. The summed E-state index contributed by atoms with van der Waals surface area (Å²) in [6, 6.07) is 8.35. The molecular formula is C11H10N2S. The lowest BCUT2D eigenvalue weighted by molar-refractivity contribution is 1.18. The maximum Gasteiger partial charge on any atom is 0.0999 e. The number of aliphatic imine (C=N–C) groups is 1. The topological polar surface area (TPSA) is 28.1 Å². The first-order valence-electron chi connectivity index (χ1n) is 4.69. The predicted molar refractivity (Wildman–Crippen MR) is 62.2 cm³/mol. The van der Waals surface area contributed by atoms with E-state index in [4.69, 9.17) is 0 Å². The molecule has 1 N–H and O–H groups in total. The predicted octanol–water partition coefficient (Wildman–Crippen LogP) is 2.66. The molecule has 1 aliphatic rings. The highest BCUT2D eigenvalue weighted by molar-refractivity contribution is 8.14. The number of nitrogens with zero attached hydrogens (tertiary/aromatic N) is 1. The van der Waals surface area contributed by atoms with Crippen molar-refractivity contribution < 1.29 is 0 Å². The molecule has 3 heteroatoms. The highest BCUT2D eigenvalue weighted by Crippen LogP contribution is 2.25. The van der Waals surface area contributed by atoms with Gasteiger partial charge in [0.2, 0.25) is 0 Å². The summed E-state index contributed by atoms with van der Waals surface area (Å²) < 4.78 is 0. The van der Waals surface area contributed by atoms with Crippen molar-refractivity contribution in [2.45, 2.75) is 0 Å². The molecule has 0 bridgehead atoms. The fraction of sp³-hybridized carbons (Fsp3) is 0.182. The number of hydrogen-bond acceptors (Lipinski definition) is 2. The Hall–Kier alpha value is -1.22. The number of H-pyrrole nitrogens is 1. The van der Waals surface area contributed by atoms with Crippen molar-refractivity contribution in [2.24, 2.45) is 4.99 Å². The van der Waals surface area contributed by atoms with Gasteiger partial charge in [-0.1, -0.05) is 18.2 Å². The normalized spacial score (nSPS) is 16.1. The minimum absolute atomic E-state index is 0.958. The number of aromatic nitrogens is 1. The fourth-order valence-electron chi connectivity index (χ4n) is 1.75. The Morgan fingerprint density at radius 2 is 2.21 bits per heavy atom. The Morgan fingerprint density at radius 1 is 1.29 bits per heavy atom. The maximum atomic E-state index is 4.49. The molecule has 2 aromatic rings.